The quantitative estimate of drug-likeness (QED) is 0.451. The molecule has 3 nitrogen and oxygen atoms in total. The molecule has 0 aromatic heterocycles. The molecule has 0 unspecified atom stereocenters. The maximum Gasteiger partial charge on any atom is 0.341 e. The monoisotopic (exact) mass is 240 g/mol. The third-order valence-corrected chi connectivity index (χ3v) is 2.29. The van der Waals surface area contributed by atoms with Gasteiger partial charge in [-0.15, -0.1) is 11.6 Å². The van der Waals surface area contributed by atoms with Gasteiger partial charge < -0.3 is 9.47 Å². The minimum atomic E-state index is -0.424. The van der Waals surface area contributed by atoms with Gasteiger partial charge in [0.2, 0.25) is 0 Å². The minimum absolute atomic E-state index is 0.289. The first-order chi connectivity index (χ1) is 7.69. The Hall–Kier alpha value is -1.48. The SMILES string of the molecule is C=C(CCl)COc1ccccc1C(=O)OC. The van der Waals surface area contributed by atoms with Crippen molar-refractivity contribution in [1.82, 2.24) is 0 Å². The molecule has 0 saturated heterocycles. The van der Waals surface area contributed by atoms with Crippen LogP contribution in [0.2, 0.25) is 0 Å². The number of esters is 1. The van der Waals surface area contributed by atoms with Crippen LogP contribution in [0, 0.1) is 0 Å². The second-order valence-electron chi connectivity index (χ2n) is 3.16. The number of carbonyl (C=O) groups is 1. The van der Waals surface area contributed by atoms with Gasteiger partial charge in [-0.25, -0.2) is 4.79 Å². The van der Waals surface area contributed by atoms with Gasteiger partial charge in [-0.2, -0.15) is 0 Å². The molecular formula is C12H13ClO3. The smallest absolute Gasteiger partial charge is 0.341 e. The Balaban J connectivity index is 2.79. The van der Waals surface area contributed by atoms with Crippen LogP contribution in [0.1, 0.15) is 10.4 Å². The highest BCUT2D eigenvalue weighted by molar-refractivity contribution is 6.19. The molecule has 0 saturated carbocycles. The summed E-state index contributed by atoms with van der Waals surface area (Å²) in [5.41, 5.74) is 1.15. The van der Waals surface area contributed by atoms with Gasteiger partial charge in [0.1, 0.15) is 17.9 Å². The van der Waals surface area contributed by atoms with Crippen molar-refractivity contribution in [3.63, 3.8) is 0 Å². The lowest BCUT2D eigenvalue weighted by Gasteiger charge is -2.10. The Kier molecular flexibility index (Phi) is 4.86. The van der Waals surface area contributed by atoms with Crippen LogP contribution < -0.4 is 4.74 Å². The summed E-state index contributed by atoms with van der Waals surface area (Å²) in [4.78, 5) is 11.4. The normalized spacial score (nSPS) is 9.62. The summed E-state index contributed by atoms with van der Waals surface area (Å²) >= 11 is 5.58. The molecule has 0 atom stereocenters. The number of rotatable bonds is 5. The van der Waals surface area contributed by atoms with E-state index in [0.717, 1.165) is 5.57 Å². The zero-order valence-corrected chi connectivity index (χ0v) is 9.79. The number of para-hydroxylation sites is 1. The molecule has 4 heteroatoms. The zero-order valence-electron chi connectivity index (χ0n) is 9.03. The number of halogens is 1. The maximum atomic E-state index is 11.4. The predicted molar refractivity (Wildman–Crippen MR) is 63.1 cm³/mol. The molecule has 16 heavy (non-hydrogen) atoms. The van der Waals surface area contributed by atoms with Crippen molar-refractivity contribution < 1.29 is 14.3 Å². The minimum Gasteiger partial charge on any atom is -0.488 e. The topological polar surface area (TPSA) is 35.5 Å². The third kappa shape index (κ3) is 3.28. The van der Waals surface area contributed by atoms with Gasteiger partial charge in [0, 0.05) is 5.88 Å². The van der Waals surface area contributed by atoms with Crippen LogP contribution in [0.4, 0.5) is 0 Å². The van der Waals surface area contributed by atoms with E-state index >= 15 is 0 Å². The lowest BCUT2D eigenvalue weighted by molar-refractivity contribution is 0.0596. The summed E-state index contributed by atoms with van der Waals surface area (Å²) in [6.07, 6.45) is 0. The third-order valence-electron chi connectivity index (χ3n) is 1.91. The van der Waals surface area contributed by atoms with Gasteiger partial charge in [-0.3, -0.25) is 0 Å². The molecule has 1 aromatic carbocycles. The highest BCUT2D eigenvalue weighted by Gasteiger charge is 2.11. The van der Waals surface area contributed by atoms with E-state index in [4.69, 9.17) is 16.3 Å². The van der Waals surface area contributed by atoms with E-state index in [2.05, 4.69) is 11.3 Å². The molecule has 86 valence electrons. The molecule has 0 aliphatic rings. The number of alkyl halides is 1. The van der Waals surface area contributed by atoms with Crippen LogP contribution in [0.5, 0.6) is 5.75 Å². The van der Waals surface area contributed by atoms with Gasteiger partial charge in [0.15, 0.2) is 0 Å². The molecule has 0 radical (unpaired) electrons. The van der Waals surface area contributed by atoms with Crippen LogP contribution in [-0.4, -0.2) is 25.6 Å². The zero-order chi connectivity index (χ0) is 12.0. The maximum absolute atomic E-state index is 11.4. The Morgan fingerprint density at radius 1 is 1.44 bits per heavy atom. The van der Waals surface area contributed by atoms with E-state index in [0.29, 0.717) is 17.2 Å². The standard InChI is InChI=1S/C12H13ClO3/c1-9(7-13)8-16-11-6-4-3-5-10(11)12(14)15-2/h3-6H,1,7-8H2,2H3. The molecule has 1 aromatic rings. The average molecular weight is 241 g/mol. The fourth-order valence-corrected chi connectivity index (χ4v) is 1.17. The van der Waals surface area contributed by atoms with Crippen LogP contribution in [0.25, 0.3) is 0 Å². The van der Waals surface area contributed by atoms with Gasteiger partial charge in [-0.05, 0) is 17.7 Å². The number of hydrogen-bond donors (Lipinski definition) is 0. The van der Waals surface area contributed by atoms with Crippen molar-refractivity contribution in [2.45, 2.75) is 0 Å². The molecule has 0 N–H and O–H groups in total. The number of methoxy groups -OCH3 is 1. The molecule has 0 amide bonds. The highest BCUT2D eigenvalue weighted by Crippen LogP contribution is 2.19. The van der Waals surface area contributed by atoms with Crippen molar-refractivity contribution in [3.05, 3.63) is 42.0 Å². The van der Waals surface area contributed by atoms with E-state index in [1.165, 1.54) is 7.11 Å². The Morgan fingerprint density at radius 3 is 2.75 bits per heavy atom. The van der Waals surface area contributed by atoms with Crippen molar-refractivity contribution in [3.8, 4) is 5.75 Å². The van der Waals surface area contributed by atoms with Crippen LogP contribution in [0.15, 0.2) is 36.4 Å². The van der Waals surface area contributed by atoms with E-state index < -0.39 is 5.97 Å². The molecule has 0 fully saturated rings. The number of benzene rings is 1. The summed E-state index contributed by atoms with van der Waals surface area (Å²) in [6.45, 7) is 4.00. The Morgan fingerprint density at radius 2 is 2.12 bits per heavy atom. The van der Waals surface area contributed by atoms with Crippen molar-refractivity contribution in [1.29, 1.82) is 0 Å². The number of hydrogen-bond acceptors (Lipinski definition) is 3. The molecule has 0 aliphatic carbocycles. The molecule has 0 heterocycles. The van der Waals surface area contributed by atoms with Gasteiger partial charge in [0.25, 0.3) is 0 Å². The van der Waals surface area contributed by atoms with Crippen LogP contribution in [-0.2, 0) is 4.74 Å². The molecule has 0 bridgehead atoms. The highest BCUT2D eigenvalue weighted by atomic mass is 35.5. The summed E-state index contributed by atoms with van der Waals surface area (Å²) in [6, 6.07) is 6.87. The second-order valence-corrected chi connectivity index (χ2v) is 3.43. The first-order valence-electron chi connectivity index (χ1n) is 4.71. The number of carbonyl (C=O) groups excluding carboxylic acids is 1. The van der Waals surface area contributed by atoms with E-state index in [-0.39, 0.29) is 6.61 Å². The van der Waals surface area contributed by atoms with Crippen LogP contribution in [0.3, 0.4) is 0 Å². The van der Waals surface area contributed by atoms with E-state index in [9.17, 15) is 4.79 Å². The van der Waals surface area contributed by atoms with Gasteiger partial charge in [-0.1, -0.05) is 18.7 Å². The van der Waals surface area contributed by atoms with Crippen molar-refractivity contribution in [2.75, 3.05) is 19.6 Å². The molecule has 0 aliphatic heterocycles. The van der Waals surface area contributed by atoms with Crippen molar-refractivity contribution in [2.24, 2.45) is 0 Å². The average Bonchev–Trinajstić information content (AvgIpc) is 2.35. The summed E-state index contributed by atoms with van der Waals surface area (Å²) in [5, 5.41) is 0. The largest absolute Gasteiger partial charge is 0.488 e. The van der Waals surface area contributed by atoms with Gasteiger partial charge >= 0.3 is 5.97 Å². The Bertz CT molecular complexity index is 388. The molecule has 1 rings (SSSR count). The van der Waals surface area contributed by atoms with Gasteiger partial charge in [0.05, 0.1) is 7.11 Å². The Labute approximate surface area is 99.6 Å². The van der Waals surface area contributed by atoms with E-state index in [1.54, 1.807) is 24.3 Å². The summed E-state index contributed by atoms with van der Waals surface area (Å²) in [5.74, 6) is 0.383. The molecular weight excluding hydrogens is 228 g/mol. The summed E-state index contributed by atoms with van der Waals surface area (Å²) < 4.78 is 10.1. The van der Waals surface area contributed by atoms with Crippen molar-refractivity contribution >= 4 is 17.6 Å². The fourth-order valence-electron chi connectivity index (χ4n) is 1.09. The first kappa shape index (κ1) is 12.6. The lowest BCUT2D eigenvalue weighted by Crippen LogP contribution is -2.07. The first-order valence-corrected chi connectivity index (χ1v) is 5.25. The molecule has 0 spiro atoms. The predicted octanol–water partition coefficient (Wildman–Crippen LogP) is 2.65. The fraction of sp³-hybridized carbons (Fsp3) is 0.250. The second kappa shape index (κ2) is 6.18. The lowest BCUT2D eigenvalue weighted by atomic mass is 10.2. The number of ether oxygens (including phenoxy) is 2. The van der Waals surface area contributed by atoms with E-state index in [1.807, 2.05) is 0 Å². The van der Waals surface area contributed by atoms with Crippen LogP contribution >= 0.6 is 11.6 Å². The summed E-state index contributed by atoms with van der Waals surface area (Å²) in [7, 11) is 1.33.